The molecule has 0 radical (unpaired) electrons. The Hall–Kier alpha value is 0.597. The van der Waals surface area contributed by atoms with Gasteiger partial charge >= 0.3 is 18.9 Å². The second-order valence-corrected chi connectivity index (χ2v) is 2.31. The van der Waals surface area contributed by atoms with E-state index in [9.17, 15) is 0 Å². The van der Waals surface area contributed by atoms with Crippen molar-refractivity contribution in [2.45, 2.75) is 40.0 Å². The van der Waals surface area contributed by atoms with E-state index in [4.69, 9.17) is 0 Å². The van der Waals surface area contributed by atoms with E-state index in [1.807, 2.05) is 0 Å². The van der Waals surface area contributed by atoms with Crippen LogP contribution < -0.4 is 18.9 Å². The summed E-state index contributed by atoms with van der Waals surface area (Å²) in [4.78, 5) is 0. The monoisotopic (exact) mass is 106 g/mol. The van der Waals surface area contributed by atoms with E-state index in [0.29, 0.717) is 0 Å². The molecule has 0 aromatic heterocycles. The van der Waals surface area contributed by atoms with Crippen molar-refractivity contribution in [2.75, 3.05) is 0 Å². The van der Waals surface area contributed by atoms with Crippen LogP contribution in [0.1, 0.15) is 40.0 Å². The Labute approximate surface area is 65.2 Å². The fraction of sp³-hybridized carbons (Fsp3) is 0.857. The summed E-state index contributed by atoms with van der Waals surface area (Å²) in [6.45, 7) is 6.61. The molecule has 0 aromatic rings. The van der Waals surface area contributed by atoms with Crippen molar-refractivity contribution in [1.29, 1.82) is 0 Å². The van der Waals surface area contributed by atoms with Gasteiger partial charge in [-0.25, -0.2) is 0 Å². The molecule has 0 aliphatic heterocycles. The van der Waals surface area contributed by atoms with Gasteiger partial charge in [-0.05, 0) is 0 Å². The maximum Gasteiger partial charge on any atom is 1.00 e. The zero-order valence-electron chi connectivity index (χ0n) is 6.62. The normalized spacial score (nSPS) is 9.00. The molecule has 8 heavy (non-hydrogen) atoms. The van der Waals surface area contributed by atoms with Crippen molar-refractivity contribution >= 4 is 0 Å². The first-order chi connectivity index (χ1) is 3.27. The smallest absolute Gasteiger partial charge is 0.320 e. The Bertz CT molecular complexity index is 33.4. The quantitative estimate of drug-likeness (QED) is 0.345. The molecule has 0 atom stereocenters. The minimum absolute atomic E-state index is 0. The van der Waals surface area contributed by atoms with Crippen LogP contribution in [-0.4, -0.2) is 0 Å². The summed E-state index contributed by atoms with van der Waals surface area (Å²) in [5, 5.41) is 0. The van der Waals surface area contributed by atoms with Gasteiger partial charge in [0.1, 0.15) is 0 Å². The summed E-state index contributed by atoms with van der Waals surface area (Å²) >= 11 is 0. The average molecular weight is 106 g/mol. The van der Waals surface area contributed by atoms with E-state index in [0.717, 1.165) is 0 Å². The summed E-state index contributed by atoms with van der Waals surface area (Å²) in [6, 6.07) is 0. The van der Waals surface area contributed by atoms with Crippen LogP contribution in [-0.2, 0) is 0 Å². The number of hydrogen-bond acceptors (Lipinski definition) is 0. The molecule has 0 unspecified atom stereocenters. The predicted molar refractivity (Wildman–Crippen MR) is 34.1 cm³/mol. The molecule has 0 aromatic carbocycles. The summed E-state index contributed by atoms with van der Waals surface area (Å²) in [5.41, 5.74) is 0. The summed E-state index contributed by atoms with van der Waals surface area (Å²) in [6.07, 6.45) is 4.00. The van der Waals surface area contributed by atoms with Crippen molar-refractivity contribution in [1.82, 2.24) is 0 Å². The van der Waals surface area contributed by atoms with Crippen molar-refractivity contribution in [3.63, 3.8) is 0 Å². The Morgan fingerprint density at radius 2 is 1.75 bits per heavy atom. The van der Waals surface area contributed by atoms with Gasteiger partial charge in [0.2, 0.25) is 0 Å². The van der Waals surface area contributed by atoms with Crippen LogP contribution in [0.15, 0.2) is 0 Å². The molecule has 0 N–H and O–H groups in total. The molecule has 0 nitrogen and oxygen atoms in total. The Morgan fingerprint density at radius 3 is 1.88 bits per heavy atom. The van der Waals surface area contributed by atoms with E-state index >= 15 is 0 Å². The minimum Gasteiger partial charge on any atom is -0.320 e. The summed E-state index contributed by atoms with van der Waals surface area (Å²) in [5.74, 6) is 1.56. The molecular formula is C7H15Li. The Morgan fingerprint density at radius 1 is 1.25 bits per heavy atom. The maximum absolute atomic E-state index is 2.23. The van der Waals surface area contributed by atoms with E-state index in [-0.39, 0.29) is 18.9 Å². The molecule has 0 rings (SSSR count). The van der Waals surface area contributed by atoms with Crippen LogP contribution >= 0.6 is 0 Å². The Balaban J connectivity index is 0. The topological polar surface area (TPSA) is 0 Å². The van der Waals surface area contributed by atoms with E-state index in [2.05, 4.69) is 20.8 Å². The molecule has 0 bridgehead atoms. The largest absolute Gasteiger partial charge is 1.00 e. The third-order valence-corrected chi connectivity index (χ3v) is 1.03. The first kappa shape index (κ1) is 11.4. The van der Waals surface area contributed by atoms with Gasteiger partial charge in [-0.3, -0.25) is 0 Å². The van der Waals surface area contributed by atoms with E-state index < -0.39 is 0 Å². The molecule has 0 fully saturated rings. The molecule has 0 saturated carbocycles. The van der Waals surface area contributed by atoms with Crippen molar-refractivity contribution < 1.29 is 18.9 Å². The van der Waals surface area contributed by atoms with Crippen LogP contribution in [0.5, 0.6) is 0 Å². The van der Waals surface area contributed by atoms with E-state index in [1.165, 1.54) is 19.3 Å². The predicted octanol–water partition coefficient (Wildman–Crippen LogP) is -0.205. The number of unbranched alkanes of at least 4 members (excludes halogenated alkanes) is 1. The van der Waals surface area contributed by atoms with Gasteiger partial charge in [0.05, 0.1) is 0 Å². The number of rotatable bonds is 3. The SMILES string of the molecule is CCCC[C-](C)C.[Li+]. The summed E-state index contributed by atoms with van der Waals surface area (Å²) < 4.78 is 0. The van der Waals surface area contributed by atoms with Gasteiger partial charge in [0.25, 0.3) is 0 Å². The molecular weight excluding hydrogens is 91.0 g/mol. The van der Waals surface area contributed by atoms with Crippen molar-refractivity contribution in [2.24, 2.45) is 0 Å². The fourth-order valence-electron chi connectivity index (χ4n) is 0.530. The average Bonchev–Trinajstić information content (AvgIpc) is 1.61. The third kappa shape index (κ3) is 9.78. The molecule has 44 valence electrons. The zero-order chi connectivity index (χ0) is 5.70. The fourth-order valence-corrected chi connectivity index (χ4v) is 0.530. The van der Waals surface area contributed by atoms with E-state index in [1.54, 1.807) is 5.92 Å². The molecule has 0 spiro atoms. The minimum atomic E-state index is 0. The van der Waals surface area contributed by atoms with Crippen molar-refractivity contribution in [3.05, 3.63) is 5.92 Å². The van der Waals surface area contributed by atoms with Crippen LogP contribution in [0, 0.1) is 5.92 Å². The third-order valence-electron chi connectivity index (χ3n) is 1.03. The summed E-state index contributed by atoms with van der Waals surface area (Å²) in [7, 11) is 0. The van der Waals surface area contributed by atoms with Crippen LogP contribution in [0.3, 0.4) is 0 Å². The second-order valence-electron chi connectivity index (χ2n) is 2.31. The Kier molecular flexibility index (Phi) is 10.8. The maximum atomic E-state index is 2.23. The van der Waals surface area contributed by atoms with Crippen LogP contribution in [0.25, 0.3) is 0 Å². The molecule has 1 heteroatoms. The number of hydrogen-bond donors (Lipinski definition) is 0. The molecule has 0 heterocycles. The zero-order valence-corrected chi connectivity index (χ0v) is 6.62. The molecule has 0 aliphatic carbocycles. The van der Waals surface area contributed by atoms with Crippen LogP contribution in [0.2, 0.25) is 0 Å². The van der Waals surface area contributed by atoms with Gasteiger partial charge in [-0.15, -0.1) is 0 Å². The first-order valence-electron chi connectivity index (χ1n) is 3.06. The molecule has 0 aliphatic rings. The molecule has 0 saturated heterocycles. The van der Waals surface area contributed by atoms with Gasteiger partial charge < -0.3 is 5.92 Å². The first-order valence-corrected chi connectivity index (χ1v) is 3.06. The van der Waals surface area contributed by atoms with Gasteiger partial charge in [-0.1, -0.05) is 19.8 Å². The van der Waals surface area contributed by atoms with Gasteiger partial charge in [0, 0.05) is 0 Å². The standard InChI is InChI=1S/C7H15.Li/c1-4-5-6-7(2)3;/h4-6H2,1-3H3;/q-1;+1. The van der Waals surface area contributed by atoms with Gasteiger partial charge in [-0.2, -0.15) is 20.3 Å². The second kappa shape index (κ2) is 7.60. The van der Waals surface area contributed by atoms with Crippen LogP contribution in [0.4, 0.5) is 0 Å². The molecule has 0 amide bonds. The van der Waals surface area contributed by atoms with Crippen molar-refractivity contribution in [3.8, 4) is 0 Å². The van der Waals surface area contributed by atoms with Gasteiger partial charge in [0.15, 0.2) is 0 Å².